The van der Waals surface area contributed by atoms with E-state index in [0.717, 1.165) is 5.69 Å². The molecule has 0 aliphatic carbocycles. The van der Waals surface area contributed by atoms with Gasteiger partial charge in [-0.3, -0.25) is 0 Å². The first kappa shape index (κ1) is 10.7. The smallest absolute Gasteiger partial charge is 0.120 e. The zero-order valence-electron chi connectivity index (χ0n) is 8.04. The van der Waals surface area contributed by atoms with Gasteiger partial charge in [0, 0.05) is 6.07 Å². The van der Waals surface area contributed by atoms with E-state index in [9.17, 15) is 0 Å². The molecule has 0 spiro atoms. The van der Waals surface area contributed by atoms with Gasteiger partial charge in [0.25, 0.3) is 0 Å². The maximum atomic E-state index is 8.61. The lowest BCUT2D eigenvalue weighted by Crippen LogP contribution is -2.12. The van der Waals surface area contributed by atoms with E-state index in [1.165, 1.54) is 0 Å². The van der Waals surface area contributed by atoms with Crippen LogP contribution in [0, 0.1) is 11.3 Å². The van der Waals surface area contributed by atoms with Gasteiger partial charge in [-0.15, -0.1) is 0 Å². The number of nitrogens with one attached hydrogen (secondary N) is 1. The molecule has 1 unspecified atom stereocenters. The predicted molar refractivity (Wildman–Crippen MR) is 56.7 cm³/mol. The number of nitriles is 1. The summed E-state index contributed by atoms with van der Waals surface area (Å²) in [4.78, 5) is 0. The van der Waals surface area contributed by atoms with E-state index >= 15 is 0 Å². The third kappa shape index (κ3) is 2.54. The number of ether oxygens (including phenoxy) is 1. The Hall–Kier alpha value is -1.40. The maximum Gasteiger partial charge on any atom is 0.120 e. The Kier molecular flexibility index (Phi) is 3.61. The number of benzene rings is 1. The average Bonchev–Trinajstić information content (AvgIpc) is 2.20. The minimum atomic E-state index is -0.263. The lowest BCUT2D eigenvalue weighted by molar-refractivity contribution is 0.415. The third-order valence-electron chi connectivity index (χ3n) is 1.74. The van der Waals surface area contributed by atoms with Crippen molar-refractivity contribution in [1.29, 1.82) is 5.26 Å². The fourth-order valence-electron chi connectivity index (χ4n) is 1.01. The van der Waals surface area contributed by atoms with Crippen molar-refractivity contribution < 1.29 is 4.74 Å². The molecule has 0 bridgehead atoms. The molecule has 14 heavy (non-hydrogen) atoms. The van der Waals surface area contributed by atoms with Crippen LogP contribution in [0.5, 0.6) is 5.75 Å². The molecule has 0 saturated heterocycles. The fraction of sp³-hybridized carbons (Fsp3) is 0.300. The molecule has 0 aliphatic rings. The second kappa shape index (κ2) is 4.73. The van der Waals surface area contributed by atoms with Gasteiger partial charge in [0.2, 0.25) is 0 Å². The zero-order chi connectivity index (χ0) is 10.6. The van der Waals surface area contributed by atoms with Gasteiger partial charge in [0.05, 0.1) is 23.9 Å². The quantitative estimate of drug-likeness (QED) is 0.834. The highest BCUT2D eigenvalue weighted by atomic mass is 35.5. The molecule has 0 amide bonds. The van der Waals surface area contributed by atoms with Crippen molar-refractivity contribution in [1.82, 2.24) is 0 Å². The van der Waals surface area contributed by atoms with Gasteiger partial charge >= 0.3 is 0 Å². The summed E-state index contributed by atoms with van der Waals surface area (Å²) in [6.45, 7) is 1.76. The van der Waals surface area contributed by atoms with Gasteiger partial charge in [-0.1, -0.05) is 11.6 Å². The number of halogens is 1. The first-order valence-corrected chi connectivity index (χ1v) is 4.55. The highest BCUT2D eigenvalue weighted by Gasteiger charge is 2.04. The molecule has 74 valence electrons. The van der Waals surface area contributed by atoms with Crippen LogP contribution in [0.3, 0.4) is 0 Å². The molecule has 1 N–H and O–H groups in total. The van der Waals surface area contributed by atoms with Crippen LogP contribution in [0.1, 0.15) is 6.92 Å². The molecule has 0 heterocycles. The Bertz CT molecular complexity index is 360. The van der Waals surface area contributed by atoms with Crippen molar-refractivity contribution in [2.24, 2.45) is 0 Å². The van der Waals surface area contributed by atoms with Crippen molar-refractivity contribution in [3.63, 3.8) is 0 Å². The molecule has 0 fully saturated rings. The second-order valence-corrected chi connectivity index (χ2v) is 3.25. The first-order valence-electron chi connectivity index (χ1n) is 4.17. The number of hydrogen-bond donors (Lipinski definition) is 1. The summed E-state index contributed by atoms with van der Waals surface area (Å²) in [6, 6.07) is 7.08. The topological polar surface area (TPSA) is 45.0 Å². The summed E-state index contributed by atoms with van der Waals surface area (Å²) in [5.74, 6) is 0.699. The summed E-state index contributed by atoms with van der Waals surface area (Å²) in [6.07, 6.45) is 0. The molecule has 3 nitrogen and oxygen atoms in total. The van der Waals surface area contributed by atoms with Crippen molar-refractivity contribution >= 4 is 17.3 Å². The zero-order valence-corrected chi connectivity index (χ0v) is 8.80. The molecule has 0 radical (unpaired) electrons. The minimum absolute atomic E-state index is 0.263. The molecule has 4 heteroatoms. The molecule has 0 aliphatic heterocycles. The second-order valence-electron chi connectivity index (χ2n) is 2.84. The molecule has 1 aromatic rings. The van der Waals surface area contributed by atoms with E-state index in [1.807, 2.05) is 0 Å². The van der Waals surface area contributed by atoms with Gasteiger partial charge in [-0.05, 0) is 19.1 Å². The van der Waals surface area contributed by atoms with Crippen LogP contribution in [-0.2, 0) is 0 Å². The fourth-order valence-corrected chi connectivity index (χ4v) is 1.23. The van der Waals surface area contributed by atoms with Crippen LogP contribution >= 0.6 is 11.6 Å². The van der Waals surface area contributed by atoms with Gasteiger partial charge in [-0.2, -0.15) is 5.26 Å². The average molecular weight is 211 g/mol. The van der Waals surface area contributed by atoms with Crippen molar-refractivity contribution in [2.75, 3.05) is 12.4 Å². The molecular formula is C10H11ClN2O. The Morgan fingerprint density at radius 2 is 2.29 bits per heavy atom. The van der Waals surface area contributed by atoms with Gasteiger partial charge in [-0.25, -0.2) is 0 Å². The van der Waals surface area contributed by atoms with E-state index in [0.29, 0.717) is 10.8 Å². The number of anilines is 1. The van der Waals surface area contributed by atoms with Crippen LogP contribution in [0.15, 0.2) is 18.2 Å². The van der Waals surface area contributed by atoms with E-state index in [-0.39, 0.29) is 6.04 Å². The molecule has 1 aromatic carbocycles. The van der Waals surface area contributed by atoms with E-state index in [1.54, 1.807) is 32.2 Å². The van der Waals surface area contributed by atoms with E-state index in [4.69, 9.17) is 21.6 Å². The van der Waals surface area contributed by atoms with Crippen LogP contribution in [0.2, 0.25) is 5.02 Å². The normalized spacial score (nSPS) is 11.6. The Labute approximate surface area is 88.3 Å². The largest absolute Gasteiger partial charge is 0.497 e. The molecule has 0 aromatic heterocycles. The standard InChI is InChI=1S/C10H11ClN2O/c1-7(6-12)13-10-4-3-8(14-2)5-9(10)11/h3-5,7,13H,1-2H3. The molecule has 0 saturated carbocycles. The van der Waals surface area contributed by atoms with Crippen molar-refractivity contribution in [3.05, 3.63) is 23.2 Å². The third-order valence-corrected chi connectivity index (χ3v) is 2.05. The summed E-state index contributed by atoms with van der Waals surface area (Å²) in [7, 11) is 1.58. The lowest BCUT2D eigenvalue weighted by atomic mass is 10.2. The summed E-state index contributed by atoms with van der Waals surface area (Å²) < 4.78 is 5.00. The highest BCUT2D eigenvalue weighted by molar-refractivity contribution is 6.33. The van der Waals surface area contributed by atoms with Crippen LogP contribution in [-0.4, -0.2) is 13.2 Å². The monoisotopic (exact) mass is 210 g/mol. The summed E-state index contributed by atoms with van der Waals surface area (Å²) in [5.41, 5.74) is 0.738. The molecular weight excluding hydrogens is 200 g/mol. The highest BCUT2D eigenvalue weighted by Crippen LogP contribution is 2.26. The summed E-state index contributed by atoms with van der Waals surface area (Å²) in [5, 5.41) is 12.1. The first-order chi connectivity index (χ1) is 6.67. The Balaban J connectivity index is 2.85. The minimum Gasteiger partial charge on any atom is -0.497 e. The Morgan fingerprint density at radius 3 is 2.79 bits per heavy atom. The van der Waals surface area contributed by atoms with Crippen molar-refractivity contribution in [2.45, 2.75) is 13.0 Å². The number of hydrogen-bond acceptors (Lipinski definition) is 3. The lowest BCUT2D eigenvalue weighted by Gasteiger charge is -2.10. The number of methoxy groups -OCH3 is 1. The summed E-state index contributed by atoms with van der Waals surface area (Å²) >= 11 is 5.96. The Morgan fingerprint density at radius 1 is 1.57 bits per heavy atom. The number of nitrogens with zero attached hydrogens (tertiary/aromatic N) is 1. The maximum absolute atomic E-state index is 8.61. The van der Waals surface area contributed by atoms with Gasteiger partial charge in [0.1, 0.15) is 11.8 Å². The van der Waals surface area contributed by atoms with Crippen molar-refractivity contribution in [3.8, 4) is 11.8 Å². The number of rotatable bonds is 3. The molecule has 1 atom stereocenters. The van der Waals surface area contributed by atoms with Crippen LogP contribution in [0.4, 0.5) is 5.69 Å². The predicted octanol–water partition coefficient (Wildman–Crippen LogP) is 2.67. The van der Waals surface area contributed by atoms with Crippen LogP contribution < -0.4 is 10.1 Å². The molecule has 1 rings (SSSR count). The van der Waals surface area contributed by atoms with Crippen LogP contribution in [0.25, 0.3) is 0 Å². The van der Waals surface area contributed by atoms with Gasteiger partial charge in [0.15, 0.2) is 0 Å². The van der Waals surface area contributed by atoms with E-state index in [2.05, 4.69) is 11.4 Å². The van der Waals surface area contributed by atoms with Gasteiger partial charge < -0.3 is 10.1 Å². The van der Waals surface area contributed by atoms with E-state index < -0.39 is 0 Å². The SMILES string of the molecule is COc1ccc(NC(C)C#N)c(Cl)c1.